The molecule has 20 heavy (non-hydrogen) atoms. The Hall–Kier alpha value is -1.92. The Morgan fingerprint density at radius 3 is 3.00 bits per heavy atom. The van der Waals surface area contributed by atoms with Crippen LogP contribution in [0.5, 0.6) is 0 Å². The zero-order valence-corrected chi connectivity index (χ0v) is 12.4. The third kappa shape index (κ3) is 2.52. The Balaban J connectivity index is 1.82. The van der Waals surface area contributed by atoms with E-state index in [-0.39, 0.29) is 11.9 Å². The second-order valence-corrected chi connectivity index (χ2v) is 6.48. The number of carbonyl (C=O) groups excluding carboxylic acids is 1. The Bertz CT molecular complexity index is 749. The number of nitrogens with two attached hydrogens (primary N) is 1. The monoisotopic (exact) mass is 303 g/mol. The first-order valence-corrected chi connectivity index (χ1v) is 7.82. The maximum atomic E-state index is 12.2. The third-order valence-electron chi connectivity index (χ3n) is 2.93. The molecule has 2 aromatic heterocycles. The quantitative estimate of drug-likeness (QED) is 0.728. The molecule has 3 rings (SSSR count). The van der Waals surface area contributed by atoms with E-state index in [1.54, 1.807) is 6.20 Å². The molecule has 3 N–H and O–H groups in total. The Morgan fingerprint density at radius 1 is 1.40 bits per heavy atom. The predicted molar refractivity (Wildman–Crippen MR) is 84.2 cm³/mol. The standard InChI is InChI=1S/C14H13N3OS2/c1-8(14-16-4-5-19-14)17-13(18)12-7-9-6-10(15)2-3-11(9)20-12/h2-8H,15H2,1H3,(H,17,18). The normalized spacial score (nSPS) is 12.4. The van der Waals surface area contributed by atoms with E-state index in [1.807, 2.05) is 36.6 Å². The van der Waals surface area contributed by atoms with E-state index in [0.29, 0.717) is 10.6 Å². The second-order valence-electron chi connectivity index (χ2n) is 4.47. The van der Waals surface area contributed by atoms with Crippen molar-refractivity contribution in [2.24, 2.45) is 0 Å². The van der Waals surface area contributed by atoms with Gasteiger partial charge in [0.15, 0.2) is 0 Å². The minimum atomic E-state index is -0.0854. The molecule has 0 fully saturated rings. The van der Waals surface area contributed by atoms with Crippen LogP contribution < -0.4 is 11.1 Å². The van der Waals surface area contributed by atoms with Crippen LogP contribution in [-0.2, 0) is 0 Å². The molecule has 0 saturated heterocycles. The maximum Gasteiger partial charge on any atom is 0.261 e. The van der Waals surface area contributed by atoms with Crippen LogP contribution in [-0.4, -0.2) is 10.9 Å². The Morgan fingerprint density at radius 2 is 2.25 bits per heavy atom. The number of hydrogen-bond donors (Lipinski definition) is 2. The summed E-state index contributed by atoms with van der Waals surface area (Å²) in [5.74, 6) is -0.0764. The number of thiazole rings is 1. The van der Waals surface area contributed by atoms with Gasteiger partial charge in [0, 0.05) is 22.0 Å². The average molecular weight is 303 g/mol. The largest absolute Gasteiger partial charge is 0.399 e. The smallest absolute Gasteiger partial charge is 0.261 e. The van der Waals surface area contributed by atoms with Crippen molar-refractivity contribution >= 4 is 44.4 Å². The van der Waals surface area contributed by atoms with Crippen LogP contribution in [0.2, 0.25) is 0 Å². The zero-order valence-electron chi connectivity index (χ0n) is 10.8. The summed E-state index contributed by atoms with van der Waals surface area (Å²) in [6, 6.07) is 7.46. The number of nitrogens with one attached hydrogen (secondary N) is 1. The third-order valence-corrected chi connectivity index (χ3v) is 5.01. The summed E-state index contributed by atoms with van der Waals surface area (Å²) in [6.07, 6.45) is 1.74. The van der Waals surface area contributed by atoms with Crippen molar-refractivity contribution in [1.29, 1.82) is 0 Å². The number of hydrogen-bond acceptors (Lipinski definition) is 5. The second kappa shape index (κ2) is 5.22. The van der Waals surface area contributed by atoms with Crippen molar-refractivity contribution in [3.63, 3.8) is 0 Å². The van der Waals surface area contributed by atoms with E-state index in [9.17, 15) is 4.79 Å². The van der Waals surface area contributed by atoms with Crippen LogP contribution in [0.25, 0.3) is 10.1 Å². The van der Waals surface area contributed by atoms with E-state index in [1.165, 1.54) is 22.7 Å². The highest BCUT2D eigenvalue weighted by Gasteiger charge is 2.15. The molecule has 0 aliphatic heterocycles. The first kappa shape index (κ1) is 13.1. The SMILES string of the molecule is CC(NC(=O)c1cc2cc(N)ccc2s1)c1nccs1. The highest BCUT2D eigenvalue weighted by Crippen LogP contribution is 2.27. The minimum absolute atomic E-state index is 0.0764. The number of amides is 1. The van der Waals surface area contributed by atoms with Crippen LogP contribution in [0.15, 0.2) is 35.8 Å². The molecule has 0 saturated carbocycles. The van der Waals surface area contributed by atoms with E-state index in [0.717, 1.165) is 15.1 Å². The lowest BCUT2D eigenvalue weighted by Gasteiger charge is -2.09. The molecule has 4 nitrogen and oxygen atoms in total. The van der Waals surface area contributed by atoms with Gasteiger partial charge in [0.05, 0.1) is 10.9 Å². The number of fused-ring (bicyclic) bond motifs is 1. The lowest BCUT2D eigenvalue weighted by molar-refractivity contribution is 0.0944. The average Bonchev–Trinajstić information content (AvgIpc) is 3.07. The number of anilines is 1. The highest BCUT2D eigenvalue weighted by molar-refractivity contribution is 7.20. The Kier molecular flexibility index (Phi) is 3.42. The maximum absolute atomic E-state index is 12.2. The molecule has 6 heteroatoms. The molecule has 1 atom stereocenters. The van der Waals surface area contributed by atoms with Gasteiger partial charge in [-0.15, -0.1) is 22.7 Å². The van der Waals surface area contributed by atoms with Crippen molar-refractivity contribution in [2.45, 2.75) is 13.0 Å². The molecule has 0 aliphatic rings. The molecule has 0 radical (unpaired) electrons. The lowest BCUT2D eigenvalue weighted by atomic mass is 10.2. The van der Waals surface area contributed by atoms with Gasteiger partial charge in [-0.1, -0.05) is 0 Å². The number of nitrogen functional groups attached to an aromatic ring is 1. The lowest BCUT2D eigenvalue weighted by Crippen LogP contribution is -2.25. The molecule has 102 valence electrons. The number of nitrogens with zero attached hydrogens (tertiary/aromatic N) is 1. The molecule has 2 heterocycles. The number of benzene rings is 1. The zero-order chi connectivity index (χ0) is 14.1. The summed E-state index contributed by atoms with van der Waals surface area (Å²) in [4.78, 5) is 17.1. The van der Waals surface area contributed by atoms with Gasteiger partial charge in [-0.3, -0.25) is 4.79 Å². The van der Waals surface area contributed by atoms with Gasteiger partial charge < -0.3 is 11.1 Å². The van der Waals surface area contributed by atoms with Crippen molar-refractivity contribution in [3.05, 3.63) is 45.7 Å². The summed E-state index contributed by atoms with van der Waals surface area (Å²) < 4.78 is 1.06. The van der Waals surface area contributed by atoms with Gasteiger partial charge in [-0.05, 0) is 36.6 Å². The van der Waals surface area contributed by atoms with Gasteiger partial charge >= 0.3 is 0 Å². The van der Waals surface area contributed by atoms with Gasteiger partial charge in [0.1, 0.15) is 5.01 Å². The molecule has 3 aromatic rings. The highest BCUT2D eigenvalue weighted by atomic mass is 32.1. The number of aromatic nitrogens is 1. The summed E-state index contributed by atoms with van der Waals surface area (Å²) in [6.45, 7) is 1.93. The molecule has 1 aromatic carbocycles. The van der Waals surface area contributed by atoms with Crippen LogP contribution in [0.4, 0.5) is 5.69 Å². The summed E-state index contributed by atoms with van der Waals surface area (Å²) in [7, 11) is 0. The molecule has 1 amide bonds. The molecule has 1 unspecified atom stereocenters. The summed E-state index contributed by atoms with van der Waals surface area (Å²) >= 11 is 3.00. The van der Waals surface area contributed by atoms with Crippen molar-refractivity contribution in [1.82, 2.24) is 10.3 Å². The molecule has 0 spiro atoms. The minimum Gasteiger partial charge on any atom is -0.399 e. The van der Waals surface area contributed by atoms with Gasteiger partial charge in [-0.2, -0.15) is 0 Å². The fraction of sp³-hybridized carbons (Fsp3) is 0.143. The molecule has 0 aliphatic carbocycles. The molecular weight excluding hydrogens is 290 g/mol. The van der Waals surface area contributed by atoms with E-state index in [4.69, 9.17) is 5.73 Å². The van der Waals surface area contributed by atoms with Crippen molar-refractivity contribution < 1.29 is 4.79 Å². The summed E-state index contributed by atoms with van der Waals surface area (Å²) in [5.41, 5.74) is 6.46. The topological polar surface area (TPSA) is 68.0 Å². The van der Waals surface area contributed by atoms with Gasteiger partial charge in [0.2, 0.25) is 0 Å². The first-order chi connectivity index (χ1) is 9.63. The van der Waals surface area contributed by atoms with Crippen LogP contribution in [0, 0.1) is 0 Å². The number of thiophene rings is 1. The van der Waals surface area contributed by atoms with E-state index in [2.05, 4.69) is 10.3 Å². The van der Waals surface area contributed by atoms with Crippen LogP contribution in [0.3, 0.4) is 0 Å². The molecule has 0 bridgehead atoms. The Labute approximate surface area is 124 Å². The number of carbonyl (C=O) groups is 1. The van der Waals surface area contributed by atoms with E-state index < -0.39 is 0 Å². The molecular formula is C14H13N3OS2. The van der Waals surface area contributed by atoms with Crippen molar-refractivity contribution in [3.8, 4) is 0 Å². The number of rotatable bonds is 3. The van der Waals surface area contributed by atoms with Crippen LogP contribution >= 0.6 is 22.7 Å². The first-order valence-electron chi connectivity index (χ1n) is 6.13. The van der Waals surface area contributed by atoms with E-state index >= 15 is 0 Å². The van der Waals surface area contributed by atoms with Crippen molar-refractivity contribution in [2.75, 3.05) is 5.73 Å². The fourth-order valence-corrected chi connectivity index (χ4v) is 3.54. The predicted octanol–water partition coefficient (Wildman–Crippen LogP) is 3.43. The van der Waals surface area contributed by atoms with Gasteiger partial charge in [-0.25, -0.2) is 4.98 Å². The van der Waals surface area contributed by atoms with Crippen LogP contribution in [0.1, 0.15) is 27.6 Å². The fourth-order valence-electron chi connectivity index (χ4n) is 1.95. The summed E-state index contributed by atoms with van der Waals surface area (Å²) in [5, 5.41) is 6.77. The van der Waals surface area contributed by atoms with Gasteiger partial charge in [0.25, 0.3) is 5.91 Å².